The van der Waals surface area contributed by atoms with Crippen LogP contribution in [-0.4, -0.2) is 50.3 Å². The summed E-state index contributed by atoms with van der Waals surface area (Å²) in [5.74, 6) is 1.85. The molecular weight excluding hydrogens is 306 g/mol. The normalized spacial score (nSPS) is 15.5. The summed E-state index contributed by atoms with van der Waals surface area (Å²) in [5, 5.41) is 7.12. The van der Waals surface area contributed by atoms with E-state index in [0.29, 0.717) is 5.82 Å². The first kappa shape index (κ1) is 16.4. The highest BCUT2D eigenvalue weighted by Gasteiger charge is 2.25. The van der Waals surface area contributed by atoms with E-state index in [1.165, 1.54) is 12.7 Å². The monoisotopic (exact) mass is 329 g/mol. The van der Waals surface area contributed by atoms with Crippen molar-refractivity contribution in [1.82, 2.24) is 30.0 Å². The number of carbonyl (C=O) groups excluding carboxylic acids is 1. The molecule has 0 saturated carbocycles. The highest BCUT2D eigenvalue weighted by Crippen LogP contribution is 2.22. The van der Waals surface area contributed by atoms with E-state index in [9.17, 15) is 4.79 Å². The van der Waals surface area contributed by atoms with Crippen LogP contribution < -0.4 is 10.2 Å². The van der Waals surface area contributed by atoms with Gasteiger partial charge in [0, 0.05) is 31.6 Å². The zero-order valence-corrected chi connectivity index (χ0v) is 13.9. The summed E-state index contributed by atoms with van der Waals surface area (Å²) < 4.78 is 1.61. The van der Waals surface area contributed by atoms with Gasteiger partial charge in [0.05, 0.1) is 0 Å². The quantitative estimate of drug-likeness (QED) is 0.801. The minimum atomic E-state index is 0.106. The van der Waals surface area contributed by atoms with Crippen LogP contribution in [0.3, 0.4) is 0 Å². The van der Waals surface area contributed by atoms with Crippen LogP contribution in [0.15, 0.2) is 25.0 Å². The number of hydrogen-bond donors (Lipinski definition) is 1. The van der Waals surface area contributed by atoms with Crippen molar-refractivity contribution in [2.24, 2.45) is 5.92 Å². The Labute approximate surface area is 141 Å². The Morgan fingerprint density at radius 3 is 2.75 bits per heavy atom. The largest absolute Gasteiger partial charge is 0.356 e. The van der Waals surface area contributed by atoms with Crippen LogP contribution in [-0.2, 0) is 4.79 Å². The molecule has 1 N–H and O–H groups in total. The minimum Gasteiger partial charge on any atom is -0.356 e. The van der Waals surface area contributed by atoms with Crippen molar-refractivity contribution in [2.45, 2.75) is 32.6 Å². The van der Waals surface area contributed by atoms with E-state index < -0.39 is 0 Å². The third kappa shape index (κ3) is 3.87. The second kappa shape index (κ2) is 7.85. The van der Waals surface area contributed by atoms with Gasteiger partial charge in [-0.2, -0.15) is 5.10 Å². The zero-order chi connectivity index (χ0) is 16.8. The lowest BCUT2D eigenvalue weighted by Gasteiger charge is -2.32. The molecular formula is C16H23N7O. The first-order chi connectivity index (χ1) is 11.8. The number of unbranched alkanes of at least 4 members (excludes halogenated alkanes) is 1. The van der Waals surface area contributed by atoms with Gasteiger partial charge < -0.3 is 10.2 Å². The van der Waals surface area contributed by atoms with Gasteiger partial charge in [-0.25, -0.2) is 19.6 Å². The molecule has 8 nitrogen and oxygen atoms in total. The fourth-order valence-corrected chi connectivity index (χ4v) is 2.87. The summed E-state index contributed by atoms with van der Waals surface area (Å²) in [7, 11) is 0. The second-order valence-electron chi connectivity index (χ2n) is 5.98. The number of aromatic nitrogens is 5. The third-order valence-electron chi connectivity index (χ3n) is 4.31. The Morgan fingerprint density at radius 2 is 2.04 bits per heavy atom. The van der Waals surface area contributed by atoms with Crippen molar-refractivity contribution in [1.29, 1.82) is 0 Å². The van der Waals surface area contributed by atoms with Crippen LogP contribution in [0.2, 0.25) is 0 Å². The Kier molecular flexibility index (Phi) is 5.35. The van der Waals surface area contributed by atoms with E-state index in [2.05, 4.69) is 37.2 Å². The van der Waals surface area contributed by atoms with Gasteiger partial charge in [0.15, 0.2) is 5.82 Å². The molecule has 0 radical (unpaired) electrons. The summed E-state index contributed by atoms with van der Waals surface area (Å²) in [6.45, 7) is 4.54. The summed E-state index contributed by atoms with van der Waals surface area (Å²) in [5.41, 5.74) is 0. The predicted molar refractivity (Wildman–Crippen MR) is 89.8 cm³/mol. The molecule has 128 valence electrons. The Morgan fingerprint density at radius 1 is 1.25 bits per heavy atom. The Hall–Kier alpha value is -2.51. The van der Waals surface area contributed by atoms with Crippen LogP contribution in [0, 0.1) is 5.92 Å². The van der Waals surface area contributed by atoms with Crippen LogP contribution >= 0.6 is 0 Å². The average Bonchev–Trinajstić information content (AvgIpc) is 3.17. The number of nitrogens with zero attached hydrogens (tertiary/aromatic N) is 6. The fraction of sp³-hybridized carbons (Fsp3) is 0.562. The van der Waals surface area contributed by atoms with E-state index in [0.717, 1.165) is 51.1 Å². The van der Waals surface area contributed by atoms with Crippen LogP contribution in [0.5, 0.6) is 0 Å². The second-order valence-corrected chi connectivity index (χ2v) is 5.98. The van der Waals surface area contributed by atoms with Crippen molar-refractivity contribution >= 4 is 11.7 Å². The van der Waals surface area contributed by atoms with E-state index in [-0.39, 0.29) is 11.8 Å². The molecule has 0 aromatic carbocycles. The number of nitrogens with one attached hydrogen (secondary N) is 1. The fourth-order valence-electron chi connectivity index (χ4n) is 2.87. The number of hydrogen-bond acceptors (Lipinski definition) is 6. The van der Waals surface area contributed by atoms with Gasteiger partial charge in [-0.15, -0.1) is 0 Å². The maximum Gasteiger partial charge on any atom is 0.223 e. The first-order valence-corrected chi connectivity index (χ1v) is 8.47. The number of amides is 1. The molecule has 1 amide bonds. The summed E-state index contributed by atoms with van der Waals surface area (Å²) in [4.78, 5) is 26.9. The Balaban J connectivity index is 1.57. The molecule has 8 heteroatoms. The van der Waals surface area contributed by atoms with Gasteiger partial charge in [0.25, 0.3) is 0 Å². The zero-order valence-electron chi connectivity index (χ0n) is 13.9. The molecule has 1 aliphatic rings. The lowest BCUT2D eigenvalue weighted by molar-refractivity contribution is -0.125. The van der Waals surface area contributed by atoms with Crippen LogP contribution in [0.25, 0.3) is 5.82 Å². The standard InChI is InChI=1S/C16H23N7O/c1-2-3-6-18-16(24)13-4-7-22(8-5-13)14-9-15(20-11-19-14)23-12-17-10-21-23/h9-13H,2-8H2,1H3,(H,18,24). The molecule has 2 aromatic heterocycles. The van der Waals surface area contributed by atoms with Crippen molar-refractivity contribution < 1.29 is 4.79 Å². The molecule has 3 heterocycles. The highest BCUT2D eigenvalue weighted by atomic mass is 16.1. The number of rotatable bonds is 6. The molecule has 1 aliphatic heterocycles. The van der Waals surface area contributed by atoms with E-state index in [1.807, 2.05) is 6.07 Å². The molecule has 0 unspecified atom stereocenters. The number of carbonyl (C=O) groups is 1. The van der Waals surface area contributed by atoms with Crippen molar-refractivity contribution in [3.63, 3.8) is 0 Å². The molecule has 0 spiro atoms. The van der Waals surface area contributed by atoms with Gasteiger partial charge in [0.2, 0.25) is 5.91 Å². The average molecular weight is 329 g/mol. The van der Waals surface area contributed by atoms with E-state index in [4.69, 9.17) is 0 Å². The molecule has 24 heavy (non-hydrogen) atoms. The van der Waals surface area contributed by atoms with Crippen molar-refractivity contribution in [3.8, 4) is 5.82 Å². The van der Waals surface area contributed by atoms with Gasteiger partial charge in [-0.05, 0) is 19.3 Å². The first-order valence-electron chi connectivity index (χ1n) is 8.47. The highest BCUT2D eigenvalue weighted by molar-refractivity contribution is 5.78. The summed E-state index contributed by atoms with van der Waals surface area (Å²) in [6, 6.07) is 1.90. The smallest absolute Gasteiger partial charge is 0.223 e. The molecule has 2 aromatic rings. The predicted octanol–water partition coefficient (Wildman–Crippen LogP) is 1.19. The van der Waals surface area contributed by atoms with Gasteiger partial charge in [0.1, 0.15) is 24.8 Å². The lowest BCUT2D eigenvalue weighted by Crippen LogP contribution is -2.41. The molecule has 1 saturated heterocycles. The van der Waals surface area contributed by atoms with Crippen molar-refractivity contribution in [3.05, 3.63) is 25.0 Å². The minimum absolute atomic E-state index is 0.106. The van der Waals surface area contributed by atoms with Gasteiger partial charge in [-0.1, -0.05) is 13.3 Å². The summed E-state index contributed by atoms with van der Waals surface area (Å²) >= 11 is 0. The topological polar surface area (TPSA) is 88.8 Å². The number of piperidine rings is 1. The molecule has 0 aliphatic carbocycles. The molecule has 0 atom stereocenters. The summed E-state index contributed by atoms with van der Waals surface area (Å²) in [6.07, 6.45) is 8.46. The third-order valence-corrected chi connectivity index (χ3v) is 4.31. The van der Waals surface area contributed by atoms with Crippen LogP contribution in [0.4, 0.5) is 5.82 Å². The molecule has 0 bridgehead atoms. The lowest BCUT2D eigenvalue weighted by atomic mass is 9.96. The maximum absolute atomic E-state index is 12.2. The molecule has 3 rings (SSSR count). The Bertz CT molecular complexity index is 650. The van der Waals surface area contributed by atoms with Crippen LogP contribution in [0.1, 0.15) is 32.6 Å². The van der Waals surface area contributed by atoms with Crippen molar-refractivity contribution in [2.75, 3.05) is 24.5 Å². The molecule has 1 fully saturated rings. The van der Waals surface area contributed by atoms with E-state index in [1.54, 1.807) is 11.0 Å². The van der Waals surface area contributed by atoms with E-state index >= 15 is 0 Å². The van der Waals surface area contributed by atoms with Gasteiger partial charge in [-0.3, -0.25) is 4.79 Å². The maximum atomic E-state index is 12.2. The SMILES string of the molecule is CCCCNC(=O)C1CCN(c2cc(-n3cncn3)ncn2)CC1. The number of anilines is 1. The van der Waals surface area contributed by atoms with Gasteiger partial charge >= 0.3 is 0 Å².